The Balaban J connectivity index is 2.42. The molecule has 2 rings (SSSR count). The number of halogens is 1. The van der Waals surface area contributed by atoms with Crippen LogP contribution in [0.25, 0.3) is 5.65 Å². The lowest BCUT2D eigenvalue weighted by atomic mass is 10.3. The lowest BCUT2D eigenvalue weighted by Crippen LogP contribution is -2.11. The van der Waals surface area contributed by atoms with Crippen LogP contribution in [0, 0.1) is 0 Å². The Morgan fingerprint density at radius 1 is 1.57 bits per heavy atom. The molecule has 0 saturated carbocycles. The van der Waals surface area contributed by atoms with Crippen LogP contribution in [0.3, 0.4) is 0 Å². The van der Waals surface area contributed by atoms with Crippen molar-refractivity contribution in [2.45, 2.75) is 6.42 Å². The van der Waals surface area contributed by atoms with Crippen LogP contribution in [0.5, 0.6) is 0 Å². The Hall–Kier alpha value is -0.870. The predicted octanol–water partition coefficient (Wildman–Crippen LogP) is 1.86. The van der Waals surface area contributed by atoms with E-state index >= 15 is 0 Å². The zero-order chi connectivity index (χ0) is 9.97. The average molecular weight is 254 g/mol. The molecule has 3 nitrogen and oxygen atoms in total. The van der Waals surface area contributed by atoms with Crippen LogP contribution in [-0.2, 0) is 6.42 Å². The number of fused-ring (bicyclic) bond motifs is 1. The summed E-state index contributed by atoms with van der Waals surface area (Å²) >= 11 is 3.48. The van der Waals surface area contributed by atoms with Crippen LogP contribution in [0.1, 0.15) is 5.69 Å². The maximum absolute atomic E-state index is 4.36. The van der Waals surface area contributed by atoms with Crippen molar-refractivity contribution in [2.24, 2.45) is 0 Å². The quantitative estimate of drug-likeness (QED) is 0.905. The Morgan fingerprint density at radius 3 is 3.21 bits per heavy atom. The fourth-order valence-electron chi connectivity index (χ4n) is 1.47. The molecule has 0 aliphatic rings. The number of imidazole rings is 1. The van der Waals surface area contributed by atoms with Crippen molar-refractivity contribution < 1.29 is 0 Å². The number of hydrogen-bond acceptors (Lipinski definition) is 2. The Labute approximate surface area is 91.3 Å². The van der Waals surface area contributed by atoms with Gasteiger partial charge in [0, 0.05) is 31.1 Å². The monoisotopic (exact) mass is 253 g/mol. The zero-order valence-electron chi connectivity index (χ0n) is 8.00. The Bertz CT molecular complexity index is 436. The van der Waals surface area contributed by atoms with E-state index in [0.717, 1.165) is 23.1 Å². The second kappa shape index (κ2) is 4.11. The normalized spacial score (nSPS) is 11.0. The van der Waals surface area contributed by atoms with Gasteiger partial charge >= 0.3 is 0 Å². The third-order valence-corrected chi connectivity index (χ3v) is 2.81. The average Bonchev–Trinajstić information content (AvgIpc) is 2.60. The van der Waals surface area contributed by atoms with Crippen molar-refractivity contribution in [3.63, 3.8) is 0 Å². The van der Waals surface area contributed by atoms with Gasteiger partial charge < -0.3 is 9.72 Å². The number of rotatable bonds is 3. The molecular formula is C10H12BrN3. The molecule has 1 N–H and O–H groups in total. The SMILES string of the molecule is CNCCc1cnc2c(Br)cccn12. The minimum absolute atomic E-state index is 0.973. The predicted molar refractivity (Wildman–Crippen MR) is 60.5 cm³/mol. The second-order valence-electron chi connectivity index (χ2n) is 3.15. The minimum Gasteiger partial charge on any atom is -0.319 e. The molecule has 14 heavy (non-hydrogen) atoms. The molecule has 2 aromatic heterocycles. The molecule has 2 aromatic rings. The number of nitrogens with one attached hydrogen (secondary N) is 1. The summed E-state index contributed by atoms with van der Waals surface area (Å²) in [6.07, 6.45) is 4.96. The molecule has 0 atom stereocenters. The first kappa shape index (κ1) is 9.68. The first-order valence-electron chi connectivity index (χ1n) is 4.58. The van der Waals surface area contributed by atoms with Crippen LogP contribution in [0.2, 0.25) is 0 Å². The van der Waals surface area contributed by atoms with Crippen molar-refractivity contribution in [1.29, 1.82) is 0 Å². The van der Waals surface area contributed by atoms with Gasteiger partial charge in [-0.2, -0.15) is 0 Å². The lowest BCUT2D eigenvalue weighted by molar-refractivity contribution is 0.771. The molecule has 0 unspecified atom stereocenters. The molecule has 0 bridgehead atoms. The Kier molecular flexibility index (Phi) is 2.84. The van der Waals surface area contributed by atoms with Crippen LogP contribution >= 0.6 is 15.9 Å². The second-order valence-corrected chi connectivity index (χ2v) is 4.01. The van der Waals surface area contributed by atoms with Gasteiger partial charge in [-0.15, -0.1) is 0 Å². The summed E-state index contributed by atoms with van der Waals surface area (Å²) in [5.74, 6) is 0. The number of likely N-dealkylation sites (N-methyl/N-ethyl adjacent to an activating group) is 1. The molecule has 0 fully saturated rings. The Morgan fingerprint density at radius 2 is 2.43 bits per heavy atom. The zero-order valence-corrected chi connectivity index (χ0v) is 9.58. The topological polar surface area (TPSA) is 29.3 Å². The van der Waals surface area contributed by atoms with Crippen molar-refractivity contribution in [2.75, 3.05) is 13.6 Å². The lowest BCUT2D eigenvalue weighted by Gasteiger charge is -2.01. The highest BCUT2D eigenvalue weighted by Crippen LogP contribution is 2.17. The fourth-order valence-corrected chi connectivity index (χ4v) is 1.91. The third-order valence-electron chi connectivity index (χ3n) is 2.20. The summed E-state index contributed by atoms with van der Waals surface area (Å²) in [6, 6.07) is 4.02. The molecule has 0 aromatic carbocycles. The number of hydrogen-bond donors (Lipinski definition) is 1. The van der Waals surface area contributed by atoms with Crippen molar-refractivity contribution in [1.82, 2.24) is 14.7 Å². The summed E-state index contributed by atoms with van der Waals surface area (Å²) < 4.78 is 3.15. The molecule has 0 radical (unpaired) electrons. The number of pyridine rings is 1. The van der Waals surface area contributed by atoms with E-state index in [4.69, 9.17) is 0 Å². The molecule has 0 saturated heterocycles. The third kappa shape index (κ3) is 1.67. The maximum atomic E-state index is 4.36. The summed E-state index contributed by atoms with van der Waals surface area (Å²) in [4.78, 5) is 4.36. The first-order chi connectivity index (χ1) is 6.83. The van der Waals surface area contributed by atoms with Gasteiger partial charge in [-0.1, -0.05) is 0 Å². The van der Waals surface area contributed by atoms with E-state index in [1.54, 1.807) is 0 Å². The van der Waals surface area contributed by atoms with Gasteiger partial charge in [-0.3, -0.25) is 0 Å². The van der Waals surface area contributed by atoms with E-state index in [1.165, 1.54) is 5.69 Å². The van der Waals surface area contributed by atoms with E-state index in [1.807, 2.05) is 31.6 Å². The van der Waals surface area contributed by atoms with E-state index in [-0.39, 0.29) is 0 Å². The molecule has 0 amide bonds. The van der Waals surface area contributed by atoms with Crippen LogP contribution in [0.4, 0.5) is 0 Å². The van der Waals surface area contributed by atoms with Gasteiger partial charge in [0.15, 0.2) is 5.65 Å². The van der Waals surface area contributed by atoms with E-state index in [0.29, 0.717) is 0 Å². The van der Waals surface area contributed by atoms with Crippen molar-refractivity contribution in [3.05, 3.63) is 34.7 Å². The summed E-state index contributed by atoms with van der Waals surface area (Å²) in [7, 11) is 1.96. The standard InChI is InChI=1S/C10H12BrN3/c1-12-5-4-8-7-13-10-9(11)3-2-6-14(8)10/h2-3,6-7,12H,4-5H2,1H3. The molecule has 4 heteroatoms. The highest BCUT2D eigenvalue weighted by Gasteiger charge is 2.04. The van der Waals surface area contributed by atoms with E-state index in [9.17, 15) is 0 Å². The largest absolute Gasteiger partial charge is 0.319 e. The highest BCUT2D eigenvalue weighted by atomic mass is 79.9. The maximum Gasteiger partial charge on any atom is 0.151 e. The molecule has 0 spiro atoms. The van der Waals surface area contributed by atoms with Gasteiger partial charge in [-0.05, 0) is 35.1 Å². The summed E-state index contributed by atoms with van der Waals surface area (Å²) in [5, 5.41) is 3.13. The summed E-state index contributed by atoms with van der Waals surface area (Å²) in [6.45, 7) is 0.973. The van der Waals surface area contributed by atoms with Crippen molar-refractivity contribution >= 4 is 21.6 Å². The molecule has 2 heterocycles. The van der Waals surface area contributed by atoms with Crippen LogP contribution in [-0.4, -0.2) is 23.0 Å². The van der Waals surface area contributed by atoms with Gasteiger partial charge in [0.2, 0.25) is 0 Å². The number of aromatic nitrogens is 2. The van der Waals surface area contributed by atoms with Crippen molar-refractivity contribution in [3.8, 4) is 0 Å². The van der Waals surface area contributed by atoms with E-state index in [2.05, 4.69) is 30.6 Å². The van der Waals surface area contributed by atoms with Crippen LogP contribution < -0.4 is 5.32 Å². The molecule has 74 valence electrons. The molecule has 0 aliphatic heterocycles. The van der Waals surface area contributed by atoms with Gasteiger partial charge in [0.25, 0.3) is 0 Å². The smallest absolute Gasteiger partial charge is 0.151 e. The molecular weight excluding hydrogens is 242 g/mol. The van der Waals surface area contributed by atoms with E-state index < -0.39 is 0 Å². The minimum atomic E-state index is 0.973. The van der Waals surface area contributed by atoms with Gasteiger partial charge in [-0.25, -0.2) is 4.98 Å². The number of nitrogens with zero attached hydrogens (tertiary/aromatic N) is 2. The first-order valence-corrected chi connectivity index (χ1v) is 5.37. The molecule has 0 aliphatic carbocycles. The van der Waals surface area contributed by atoms with Crippen LogP contribution in [0.15, 0.2) is 29.0 Å². The fraction of sp³-hybridized carbons (Fsp3) is 0.300. The highest BCUT2D eigenvalue weighted by molar-refractivity contribution is 9.10. The summed E-state index contributed by atoms with van der Waals surface area (Å²) in [5.41, 5.74) is 2.22. The van der Waals surface area contributed by atoms with Gasteiger partial charge in [0.05, 0.1) is 4.47 Å². The van der Waals surface area contributed by atoms with Gasteiger partial charge in [0.1, 0.15) is 0 Å².